The van der Waals surface area contributed by atoms with Gasteiger partial charge in [0.25, 0.3) is 5.91 Å². The zero-order valence-electron chi connectivity index (χ0n) is 22.5. The first kappa shape index (κ1) is 31.0. The second kappa shape index (κ2) is 10.5. The second-order valence-corrected chi connectivity index (χ2v) is 10.8. The molecule has 6 atom stereocenters. The number of halogens is 1. The minimum Gasteiger partial charge on any atom is -0.508 e. The number of primary amides is 1. The van der Waals surface area contributed by atoms with Crippen molar-refractivity contribution in [3.8, 4) is 5.75 Å². The summed E-state index contributed by atoms with van der Waals surface area (Å²) in [7, 11) is 6.23. The van der Waals surface area contributed by atoms with Gasteiger partial charge >= 0.3 is 0 Å². The minimum atomic E-state index is -2.99. The number of amides is 2. The maximum Gasteiger partial charge on any atom is 0.255 e. The van der Waals surface area contributed by atoms with E-state index < -0.39 is 87.3 Å². The Morgan fingerprint density at radius 1 is 1.10 bits per heavy atom. The predicted molar refractivity (Wildman–Crippen MR) is 145 cm³/mol. The van der Waals surface area contributed by atoms with E-state index in [4.69, 9.17) is 5.73 Å². The Morgan fingerprint density at radius 2 is 1.70 bits per heavy atom. The molecule has 0 saturated heterocycles. The van der Waals surface area contributed by atoms with Crippen LogP contribution in [0.25, 0.3) is 5.76 Å². The van der Waals surface area contributed by atoms with E-state index in [9.17, 15) is 44.7 Å². The zero-order chi connectivity index (χ0) is 29.3. The molecular formula is C26H33ClN4O9. The lowest BCUT2D eigenvalue weighted by molar-refractivity contribution is -0.169. The first-order valence-corrected chi connectivity index (χ1v) is 12.2. The number of likely N-dealkylation sites (N-methyl/N-ethyl adjacent to an activating group) is 2. The van der Waals surface area contributed by atoms with Crippen LogP contribution < -0.4 is 11.1 Å². The van der Waals surface area contributed by atoms with Crippen molar-refractivity contribution in [1.29, 1.82) is 0 Å². The molecule has 1 aromatic rings. The Morgan fingerprint density at radius 3 is 2.23 bits per heavy atom. The average molecular weight is 581 g/mol. The molecule has 40 heavy (non-hydrogen) atoms. The van der Waals surface area contributed by atoms with Crippen LogP contribution >= 0.6 is 12.4 Å². The number of Topliss-reactive ketones (excluding diaryl/α,β-unsaturated/α-hetero) is 2. The molecule has 13 nitrogen and oxygen atoms in total. The average Bonchev–Trinajstić information content (AvgIpc) is 2.82. The lowest BCUT2D eigenvalue weighted by Crippen LogP contribution is -2.70. The number of hydrogen-bond donors (Lipinski definition) is 7. The molecule has 2 amide bonds. The molecule has 4 unspecified atom stereocenters. The molecule has 0 spiro atoms. The summed E-state index contributed by atoms with van der Waals surface area (Å²) in [5, 5.41) is 59.1. The third-order valence-corrected chi connectivity index (χ3v) is 7.86. The number of rotatable bonds is 5. The van der Waals surface area contributed by atoms with Crippen molar-refractivity contribution >= 4 is 47.2 Å². The van der Waals surface area contributed by atoms with Crippen LogP contribution in [-0.2, 0) is 19.2 Å². The summed E-state index contributed by atoms with van der Waals surface area (Å²) < 4.78 is 0. The number of anilines is 1. The lowest BCUT2D eigenvalue weighted by atomic mass is 9.54. The van der Waals surface area contributed by atoms with Crippen molar-refractivity contribution in [2.75, 3.05) is 40.1 Å². The fourth-order valence-corrected chi connectivity index (χ4v) is 6.19. The van der Waals surface area contributed by atoms with E-state index >= 15 is 0 Å². The molecule has 14 heteroatoms. The maximum absolute atomic E-state index is 14.0. The van der Waals surface area contributed by atoms with E-state index in [0.29, 0.717) is 5.56 Å². The molecule has 0 aromatic heterocycles. The number of aliphatic hydroxyl groups is 4. The third kappa shape index (κ3) is 4.25. The summed E-state index contributed by atoms with van der Waals surface area (Å²) in [5.74, 6) is -10.2. The minimum absolute atomic E-state index is 0. The number of nitrogens with zero attached hydrogens (tertiary/aromatic N) is 2. The van der Waals surface area contributed by atoms with Crippen molar-refractivity contribution in [2.24, 2.45) is 17.6 Å². The van der Waals surface area contributed by atoms with Gasteiger partial charge in [-0.25, -0.2) is 0 Å². The summed E-state index contributed by atoms with van der Waals surface area (Å²) in [4.78, 5) is 54.4. The van der Waals surface area contributed by atoms with Gasteiger partial charge in [-0.2, -0.15) is 0 Å². The Bertz CT molecular complexity index is 1370. The highest BCUT2D eigenvalue weighted by Crippen LogP contribution is 2.56. The largest absolute Gasteiger partial charge is 0.508 e. The van der Waals surface area contributed by atoms with Crippen molar-refractivity contribution < 1.29 is 44.7 Å². The Hall–Kier alpha value is -3.49. The van der Waals surface area contributed by atoms with Gasteiger partial charge in [0.1, 0.15) is 22.8 Å². The van der Waals surface area contributed by atoms with Crippen LogP contribution in [0.4, 0.5) is 5.69 Å². The van der Waals surface area contributed by atoms with Crippen LogP contribution in [-0.4, -0.2) is 111 Å². The van der Waals surface area contributed by atoms with Crippen molar-refractivity contribution in [1.82, 2.24) is 9.80 Å². The monoisotopic (exact) mass is 580 g/mol. The number of fused-ring (bicyclic) bond motifs is 3. The number of phenolic OH excluding ortho intramolecular Hbond substituents is 1. The van der Waals surface area contributed by atoms with E-state index in [-0.39, 0.29) is 30.2 Å². The molecule has 0 bridgehead atoms. The predicted octanol–water partition coefficient (Wildman–Crippen LogP) is -0.582. The van der Waals surface area contributed by atoms with E-state index in [0.717, 1.165) is 0 Å². The zero-order valence-corrected chi connectivity index (χ0v) is 23.3. The molecule has 0 radical (unpaired) electrons. The highest BCUT2D eigenvalue weighted by molar-refractivity contribution is 6.24. The smallest absolute Gasteiger partial charge is 0.255 e. The number of phenols is 1. The number of nitrogens with two attached hydrogens (primary N) is 1. The van der Waals surface area contributed by atoms with Crippen LogP contribution in [0.3, 0.4) is 0 Å². The molecule has 0 heterocycles. The highest BCUT2D eigenvalue weighted by Gasteiger charge is 2.68. The van der Waals surface area contributed by atoms with E-state index in [1.807, 2.05) is 0 Å². The van der Waals surface area contributed by atoms with Gasteiger partial charge in [0.15, 0.2) is 11.4 Å². The number of carbonyl (C=O) groups is 4. The topological polar surface area (TPSA) is 214 Å². The normalized spacial score (nSPS) is 29.6. The summed E-state index contributed by atoms with van der Waals surface area (Å²) in [6.07, 6.45) is -1.68. The summed E-state index contributed by atoms with van der Waals surface area (Å²) >= 11 is 0. The molecular weight excluding hydrogens is 548 g/mol. The molecule has 218 valence electrons. The summed E-state index contributed by atoms with van der Waals surface area (Å²) in [6, 6.07) is 1.52. The first-order chi connectivity index (χ1) is 18.1. The summed E-state index contributed by atoms with van der Waals surface area (Å²) in [6.45, 7) is 1.63. The SMILES string of the molecule is CC1c2ccc(NC(=O)CN(C)C)c(O)c2C(O)=C2C(=O)[C@]3(O)C(O)=C(C(N)=O)C(=O)[C@@H](N(C)C)C3C(O)C21.Cl. The maximum atomic E-state index is 14.0. The first-order valence-electron chi connectivity index (χ1n) is 12.2. The Balaban J connectivity index is 0.00000441. The molecule has 1 aromatic carbocycles. The number of benzene rings is 1. The number of nitrogens with one attached hydrogen (secondary N) is 1. The van der Waals surface area contributed by atoms with Gasteiger partial charge in [0.2, 0.25) is 11.7 Å². The second-order valence-electron chi connectivity index (χ2n) is 10.8. The van der Waals surface area contributed by atoms with Crippen LogP contribution in [0.15, 0.2) is 29.0 Å². The van der Waals surface area contributed by atoms with Crippen LogP contribution in [0.2, 0.25) is 0 Å². The van der Waals surface area contributed by atoms with Crippen molar-refractivity contribution in [3.63, 3.8) is 0 Å². The summed E-state index contributed by atoms with van der Waals surface area (Å²) in [5.41, 5.74) is 0.921. The quantitative estimate of drug-likeness (QED) is 0.173. The highest BCUT2D eigenvalue weighted by atomic mass is 35.5. The molecule has 8 N–H and O–H groups in total. The standard InChI is InChI=1S/C26H32N4O9.ClH/c1-9-10-6-7-11(28-12(31)8-29(2)3)19(32)14(10)20(33)15-13(9)21(34)17-18(30(4)5)22(35)16(25(27)38)24(37)26(17,39)23(15)36;/h6-7,9,13,17-18,21,32-34,37,39H,8H2,1-5H3,(H2,27,38)(H,28,31);1H/t9?,13?,17?,18-,21?,26-;/m0./s1. The fourth-order valence-electron chi connectivity index (χ4n) is 6.19. The van der Waals surface area contributed by atoms with Gasteiger partial charge < -0.3 is 41.5 Å². The van der Waals surface area contributed by atoms with Crippen LogP contribution in [0.1, 0.15) is 24.0 Å². The third-order valence-electron chi connectivity index (χ3n) is 7.86. The van der Waals surface area contributed by atoms with Gasteiger partial charge in [-0.05, 0) is 45.7 Å². The number of hydrogen-bond acceptors (Lipinski definition) is 11. The molecule has 3 aliphatic carbocycles. The number of aromatic hydroxyl groups is 1. The van der Waals surface area contributed by atoms with Gasteiger partial charge in [0, 0.05) is 11.5 Å². The van der Waals surface area contributed by atoms with Crippen LogP contribution in [0, 0.1) is 11.8 Å². The number of carbonyl (C=O) groups excluding carboxylic acids is 4. The number of aliphatic hydroxyl groups excluding tert-OH is 3. The van der Waals surface area contributed by atoms with Crippen LogP contribution in [0.5, 0.6) is 5.75 Å². The van der Waals surface area contributed by atoms with E-state index in [1.165, 1.54) is 31.1 Å². The Labute approximate surface area is 236 Å². The van der Waals surface area contributed by atoms with Gasteiger partial charge in [-0.1, -0.05) is 13.0 Å². The molecule has 3 aliphatic rings. The van der Waals surface area contributed by atoms with Gasteiger partial charge in [0.05, 0.1) is 35.9 Å². The van der Waals surface area contributed by atoms with Gasteiger partial charge in [-0.3, -0.25) is 24.1 Å². The van der Waals surface area contributed by atoms with Crippen molar-refractivity contribution in [2.45, 2.75) is 30.6 Å². The van der Waals surface area contributed by atoms with Crippen molar-refractivity contribution in [3.05, 3.63) is 40.2 Å². The lowest BCUT2D eigenvalue weighted by Gasteiger charge is -2.53. The molecule has 0 aliphatic heterocycles. The van der Waals surface area contributed by atoms with Gasteiger partial charge in [-0.15, -0.1) is 12.4 Å². The molecule has 1 fully saturated rings. The Kier molecular flexibility index (Phi) is 8.14. The number of ketones is 2. The van der Waals surface area contributed by atoms with E-state index in [2.05, 4.69) is 5.32 Å². The molecule has 1 saturated carbocycles. The fraction of sp³-hybridized carbons (Fsp3) is 0.462. The molecule has 4 rings (SSSR count). The van der Waals surface area contributed by atoms with E-state index in [1.54, 1.807) is 25.9 Å².